The van der Waals surface area contributed by atoms with Gasteiger partial charge >= 0.3 is 18.0 Å². The molecule has 0 aromatic rings. The van der Waals surface area contributed by atoms with E-state index in [1.165, 1.54) is 0 Å². The van der Waals surface area contributed by atoms with Crippen LogP contribution in [0.4, 0.5) is 4.79 Å². The third-order valence-electron chi connectivity index (χ3n) is 3.14. The molecule has 0 saturated carbocycles. The van der Waals surface area contributed by atoms with Gasteiger partial charge in [0.25, 0.3) is 0 Å². The number of carbonyl (C=O) groups excluding carboxylic acids is 3. The van der Waals surface area contributed by atoms with Crippen molar-refractivity contribution in [3.05, 3.63) is 11.8 Å². The predicted octanol–water partition coefficient (Wildman–Crippen LogP) is 0.338. The number of carbonyl (C=O) groups is 3. The maximum Gasteiger partial charge on any atom is 0.330 e. The Bertz CT molecular complexity index is 463. The van der Waals surface area contributed by atoms with Gasteiger partial charge in [-0.05, 0) is 27.2 Å². The van der Waals surface area contributed by atoms with E-state index < -0.39 is 23.4 Å². The molecule has 0 bridgehead atoms. The van der Waals surface area contributed by atoms with E-state index in [2.05, 4.69) is 10.9 Å². The van der Waals surface area contributed by atoms with Crippen LogP contribution in [0.3, 0.4) is 0 Å². The minimum atomic E-state index is -1.33. The Balaban J connectivity index is 2.84. The van der Waals surface area contributed by atoms with Crippen LogP contribution in [0, 0.1) is 5.41 Å². The van der Waals surface area contributed by atoms with Crippen LogP contribution >= 0.6 is 0 Å². The van der Waals surface area contributed by atoms with Crippen molar-refractivity contribution in [3.8, 4) is 0 Å². The monoisotopic (exact) mass is 299 g/mol. The molecule has 1 saturated heterocycles. The third-order valence-corrected chi connectivity index (χ3v) is 3.14. The van der Waals surface area contributed by atoms with Crippen molar-refractivity contribution in [1.29, 1.82) is 0 Å². The van der Waals surface area contributed by atoms with E-state index in [9.17, 15) is 14.4 Å². The van der Waals surface area contributed by atoms with Crippen molar-refractivity contribution < 1.29 is 23.9 Å². The van der Waals surface area contributed by atoms with E-state index in [1.807, 2.05) is 0 Å². The molecule has 1 heterocycles. The first kappa shape index (κ1) is 16.8. The summed E-state index contributed by atoms with van der Waals surface area (Å²) < 4.78 is 10.1. The maximum atomic E-state index is 12.1. The normalized spacial score (nSPS) is 25.2. The lowest BCUT2D eigenvalue weighted by Gasteiger charge is -2.21. The van der Waals surface area contributed by atoms with Gasteiger partial charge < -0.3 is 20.6 Å². The van der Waals surface area contributed by atoms with E-state index in [0.29, 0.717) is 5.70 Å². The second-order valence-electron chi connectivity index (χ2n) is 4.93. The van der Waals surface area contributed by atoms with Crippen molar-refractivity contribution in [3.63, 3.8) is 0 Å². The molecule has 0 radical (unpaired) electrons. The van der Waals surface area contributed by atoms with E-state index >= 15 is 0 Å². The summed E-state index contributed by atoms with van der Waals surface area (Å²) >= 11 is 0. The molecule has 118 valence electrons. The SMILES string of the molecule is CCOC(=O)C1(CC=C(C)NNC(N)=O)CC(C)OC1=O. The molecule has 2 atom stereocenters. The average molecular weight is 299 g/mol. The number of nitrogens with two attached hydrogens (primary N) is 1. The fourth-order valence-corrected chi connectivity index (χ4v) is 2.14. The Labute approximate surface area is 123 Å². The largest absolute Gasteiger partial charge is 0.465 e. The molecule has 1 aliphatic rings. The minimum absolute atomic E-state index is 0.119. The summed E-state index contributed by atoms with van der Waals surface area (Å²) in [5, 5.41) is 0. The van der Waals surface area contributed by atoms with Crippen molar-refractivity contribution >= 4 is 18.0 Å². The third kappa shape index (κ3) is 4.11. The van der Waals surface area contributed by atoms with E-state index in [0.717, 1.165) is 0 Å². The van der Waals surface area contributed by atoms with Gasteiger partial charge in [-0.3, -0.25) is 15.0 Å². The molecule has 0 spiro atoms. The number of esters is 2. The fraction of sp³-hybridized carbons (Fsp3) is 0.615. The molecule has 8 nitrogen and oxygen atoms in total. The minimum Gasteiger partial charge on any atom is -0.465 e. The standard InChI is InChI=1S/C13H21N3O5/c1-4-20-10(17)13(7-9(3)21-11(13)18)6-5-8(2)15-16-12(14)19/h5,9,15H,4,6-7H2,1-3H3,(H3,14,16,19). The van der Waals surface area contributed by atoms with Crippen LogP contribution in [0.25, 0.3) is 0 Å². The molecule has 1 fully saturated rings. The second kappa shape index (κ2) is 6.96. The van der Waals surface area contributed by atoms with E-state index in [4.69, 9.17) is 15.2 Å². The Hall–Kier alpha value is -2.25. The predicted molar refractivity (Wildman–Crippen MR) is 73.5 cm³/mol. The lowest BCUT2D eigenvalue weighted by molar-refractivity contribution is -0.164. The smallest absolute Gasteiger partial charge is 0.330 e. The topological polar surface area (TPSA) is 120 Å². The molecule has 0 aromatic heterocycles. The van der Waals surface area contributed by atoms with Crippen LogP contribution in [-0.2, 0) is 19.1 Å². The first-order chi connectivity index (χ1) is 9.81. The zero-order chi connectivity index (χ0) is 16.0. The highest BCUT2D eigenvalue weighted by Gasteiger charge is 2.54. The molecule has 0 aromatic carbocycles. The van der Waals surface area contributed by atoms with Crippen LogP contribution in [0.2, 0.25) is 0 Å². The van der Waals surface area contributed by atoms with Crippen molar-refractivity contribution in [2.75, 3.05) is 6.61 Å². The lowest BCUT2D eigenvalue weighted by Crippen LogP contribution is -2.40. The number of hydrogen-bond acceptors (Lipinski definition) is 6. The molecule has 2 unspecified atom stereocenters. The fourth-order valence-electron chi connectivity index (χ4n) is 2.14. The summed E-state index contributed by atoms with van der Waals surface area (Å²) in [5.74, 6) is -1.17. The molecule has 1 rings (SSSR count). The Morgan fingerprint density at radius 1 is 1.52 bits per heavy atom. The highest BCUT2D eigenvalue weighted by molar-refractivity contribution is 6.01. The summed E-state index contributed by atoms with van der Waals surface area (Å²) in [7, 11) is 0. The zero-order valence-electron chi connectivity index (χ0n) is 12.4. The quantitative estimate of drug-likeness (QED) is 0.369. The van der Waals surface area contributed by atoms with Gasteiger partial charge in [0.1, 0.15) is 6.10 Å². The first-order valence-electron chi connectivity index (χ1n) is 6.68. The number of allylic oxidation sites excluding steroid dienone is 2. The number of cyclic esters (lactones) is 1. The van der Waals surface area contributed by atoms with Crippen LogP contribution in [-0.4, -0.2) is 30.7 Å². The molecule has 1 aliphatic heterocycles. The van der Waals surface area contributed by atoms with Crippen LogP contribution in [0.1, 0.15) is 33.6 Å². The summed E-state index contributed by atoms with van der Waals surface area (Å²) in [6, 6.07) is -0.739. The molecule has 4 N–H and O–H groups in total. The number of ether oxygens (including phenoxy) is 2. The van der Waals surface area contributed by atoms with Gasteiger partial charge in [0.15, 0.2) is 5.41 Å². The van der Waals surface area contributed by atoms with Gasteiger partial charge in [-0.2, -0.15) is 0 Å². The number of rotatable bonds is 6. The summed E-state index contributed by atoms with van der Waals surface area (Å²) in [6.07, 6.45) is 1.66. The molecule has 2 amide bonds. The Morgan fingerprint density at radius 3 is 2.67 bits per heavy atom. The lowest BCUT2D eigenvalue weighted by atomic mass is 9.81. The molecule has 0 aliphatic carbocycles. The second-order valence-corrected chi connectivity index (χ2v) is 4.93. The van der Waals surface area contributed by atoms with Crippen LogP contribution in [0.5, 0.6) is 0 Å². The Morgan fingerprint density at radius 2 is 2.19 bits per heavy atom. The molecule has 21 heavy (non-hydrogen) atoms. The number of hydrazine groups is 1. The summed E-state index contributed by atoms with van der Waals surface area (Å²) in [4.78, 5) is 34.8. The van der Waals surface area contributed by atoms with E-state index in [-0.39, 0.29) is 25.6 Å². The van der Waals surface area contributed by atoms with Crippen molar-refractivity contribution in [2.24, 2.45) is 11.1 Å². The average Bonchev–Trinajstić information content (AvgIpc) is 2.69. The zero-order valence-corrected chi connectivity index (χ0v) is 12.4. The number of amides is 2. The highest BCUT2D eigenvalue weighted by Crippen LogP contribution is 2.39. The van der Waals surface area contributed by atoms with Crippen LogP contribution < -0.4 is 16.6 Å². The van der Waals surface area contributed by atoms with Crippen molar-refractivity contribution in [2.45, 2.75) is 39.7 Å². The van der Waals surface area contributed by atoms with Gasteiger partial charge in [-0.1, -0.05) is 6.08 Å². The molecular weight excluding hydrogens is 278 g/mol. The van der Waals surface area contributed by atoms with Crippen molar-refractivity contribution in [1.82, 2.24) is 10.9 Å². The number of urea groups is 1. The summed E-state index contributed by atoms with van der Waals surface area (Å²) in [6.45, 7) is 5.25. The van der Waals surface area contributed by atoms with Gasteiger partial charge in [-0.15, -0.1) is 0 Å². The van der Waals surface area contributed by atoms with Gasteiger partial charge in [0.05, 0.1) is 6.61 Å². The summed E-state index contributed by atoms with van der Waals surface area (Å²) in [5.41, 5.74) is 8.89. The van der Waals surface area contributed by atoms with Crippen LogP contribution in [0.15, 0.2) is 11.8 Å². The molecule has 8 heteroatoms. The Kier molecular flexibility index (Phi) is 5.57. The van der Waals surface area contributed by atoms with E-state index in [1.54, 1.807) is 26.8 Å². The van der Waals surface area contributed by atoms with Gasteiger partial charge in [-0.25, -0.2) is 4.79 Å². The highest BCUT2D eigenvalue weighted by atomic mass is 16.6. The maximum absolute atomic E-state index is 12.1. The van der Waals surface area contributed by atoms with Gasteiger partial charge in [0.2, 0.25) is 0 Å². The molecular formula is C13H21N3O5. The number of nitrogens with one attached hydrogen (secondary N) is 2. The first-order valence-corrected chi connectivity index (χ1v) is 6.68. The number of primary amides is 1. The number of hydrogen-bond donors (Lipinski definition) is 3. The van der Waals surface area contributed by atoms with Gasteiger partial charge in [0, 0.05) is 12.1 Å².